The van der Waals surface area contributed by atoms with Crippen LogP contribution in [0.3, 0.4) is 0 Å². The first-order valence-electron chi connectivity index (χ1n) is 7.22. The van der Waals surface area contributed by atoms with Crippen molar-refractivity contribution >= 4 is 35.8 Å². The number of rotatable bonds is 8. The van der Waals surface area contributed by atoms with Gasteiger partial charge in [0.2, 0.25) is 5.91 Å². The average Bonchev–Trinajstić information content (AvgIpc) is 2.45. The van der Waals surface area contributed by atoms with Gasteiger partial charge < -0.3 is 10.4 Å². The van der Waals surface area contributed by atoms with E-state index in [1.807, 2.05) is 6.92 Å². The summed E-state index contributed by atoms with van der Waals surface area (Å²) in [5, 5.41) is 11.6. The first-order chi connectivity index (χ1) is 10.3. The van der Waals surface area contributed by atoms with Crippen molar-refractivity contribution in [2.45, 2.75) is 33.2 Å². The number of aliphatic carboxylic acids is 1. The van der Waals surface area contributed by atoms with Gasteiger partial charge in [-0.15, -0.1) is 12.4 Å². The summed E-state index contributed by atoms with van der Waals surface area (Å²) >= 11 is 0. The highest BCUT2D eigenvalue weighted by molar-refractivity contribution is 5.98. The number of anilines is 1. The number of carboxylic acid groups (broad SMARTS) is 1. The topological polar surface area (TPSA) is 86.7 Å². The first-order valence-corrected chi connectivity index (χ1v) is 7.22. The number of hydrogen-bond donors (Lipinski definition) is 2. The first kappa shape index (κ1) is 21.1. The Bertz CT molecular complexity index is 563. The van der Waals surface area contributed by atoms with Crippen LogP contribution in [0.4, 0.5) is 5.69 Å². The van der Waals surface area contributed by atoms with Crippen molar-refractivity contribution in [1.29, 1.82) is 0 Å². The minimum atomic E-state index is -0.966. The van der Waals surface area contributed by atoms with Crippen LogP contribution < -0.4 is 5.32 Å². The molecule has 1 atom stereocenters. The third kappa shape index (κ3) is 6.80. The molecule has 7 heteroatoms. The molecule has 128 valence electrons. The van der Waals surface area contributed by atoms with Crippen LogP contribution in [0.25, 0.3) is 0 Å². The number of Topliss-reactive ketones (excluding diaryl/α,β-unsaturated/α-hetero) is 1. The largest absolute Gasteiger partial charge is 0.480 e. The molecule has 1 rings (SSSR count). The summed E-state index contributed by atoms with van der Waals surface area (Å²) in [5.74, 6) is -1.34. The lowest BCUT2D eigenvalue weighted by atomic mass is 10.1. The molecule has 0 heterocycles. The summed E-state index contributed by atoms with van der Waals surface area (Å²) in [4.78, 5) is 36.1. The number of halogens is 1. The van der Waals surface area contributed by atoms with E-state index in [4.69, 9.17) is 5.11 Å². The Kier molecular flexibility index (Phi) is 9.14. The second kappa shape index (κ2) is 9.97. The van der Waals surface area contributed by atoms with Gasteiger partial charge in [-0.05, 0) is 38.9 Å². The van der Waals surface area contributed by atoms with Crippen LogP contribution in [0.2, 0.25) is 0 Å². The molecule has 1 aromatic carbocycles. The third-order valence-electron chi connectivity index (χ3n) is 3.31. The molecule has 1 amide bonds. The van der Waals surface area contributed by atoms with E-state index in [0.717, 1.165) is 6.42 Å². The molecule has 0 fully saturated rings. The molecule has 0 bridgehead atoms. The maximum Gasteiger partial charge on any atom is 0.317 e. The number of hydrogen-bond acceptors (Lipinski definition) is 4. The lowest BCUT2D eigenvalue weighted by Gasteiger charge is -2.26. The van der Waals surface area contributed by atoms with Gasteiger partial charge in [0.15, 0.2) is 5.78 Å². The maximum absolute atomic E-state index is 12.3. The van der Waals surface area contributed by atoms with E-state index >= 15 is 0 Å². The van der Waals surface area contributed by atoms with Gasteiger partial charge in [0, 0.05) is 11.3 Å². The molecule has 0 aliphatic carbocycles. The fourth-order valence-electron chi connectivity index (χ4n) is 2.10. The number of carbonyl (C=O) groups excluding carboxylic acids is 2. The maximum atomic E-state index is 12.3. The van der Waals surface area contributed by atoms with Crippen LogP contribution in [0.15, 0.2) is 24.3 Å². The summed E-state index contributed by atoms with van der Waals surface area (Å²) < 4.78 is 0. The van der Waals surface area contributed by atoms with E-state index in [1.165, 1.54) is 6.92 Å². The van der Waals surface area contributed by atoms with Crippen molar-refractivity contribution < 1.29 is 19.5 Å². The molecule has 0 saturated carbocycles. The predicted octanol–water partition coefficient (Wildman–Crippen LogP) is 2.43. The van der Waals surface area contributed by atoms with Gasteiger partial charge in [-0.3, -0.25) is 19.3 Å². The highest BCUT2D eigenvalue weighted by Crippen LogP contribution is 2.12. The molecule has 1 unspecified atom stereocenters. The molecule has 0 radical (unpaired) electrons. The molecule has 1 aromatic rings. The number of carboxylic acids is 1. The van der Waals surface area contributed by atoms with Crippen LogP contribution in [-0.4, -0.2) is 46.8 Å². The number of benzene rings is 1. The Hall–Kier alpha value is -1.92. The number of nitrogens with zero attached hydrogens (tertiary/aromatic N) is 1. The monoisotopic (exact) mass is 342 g/mol. The highest BCUT2D eigenvalue weighted by atomic mass is 35.5. The van der Waals surface area contributed by atoms with Crippen LogP contribution in [-0.2, 0) is 9.59 Å². The van der Waals surface area contributed by atoms with Crippen molar-refractivity contribution in [1.82, 2.24) is 4.90 Å². The van der Waals surface area contributed by atoms with Gasteiger partial charge in [0.1, 0.15) is 0 Å². The van der Waals surface area contributed by atoms with Crippen LogP contribution in [0.5, 0.6) is 0 Å². The van der Waals surface area contributed by atoms with Gasteiger partial charge in [0.25, 0.3) is 0 Å². The summed E-state index contributed by atoms with van der Waals surface area (Å²) in [5.41, 5.74) is 1.04. The lowest BCUT2D eigenvalue weighted by molar-refractivity contribution is -0.139. The molecular weight excluding hydrogens is 320 g/mol. The average molecular weight is 343 g/mol. The summed E-state index contributed by atoms with van der Waals surface area (Å²) in [6, 6.07) is 6.09. The molecule has 0 aliphatic heterocycles. The van der Waals surface area contributed by atoms with E-state index in [-0.39, 0.29) is 30.6 Å². The molecule has 0 spiro atoms. The minimum Gasteiger partial charge on any atom is -0.480 e. The number of carbonyl (C=O) groups is 3. The zero-order chi connectivity index (χ0) is 16.7. The Labute approximate surface area is 142 Å². The van der Waals surface area contributed by atoms with E-state index in [9.17, 15) is 14.4 Å². The number of nitrogens with one attached hydrogen (secondary N) is 1. The van der Waals surface area contributed by atoms with Crippen molar-refractivity contribution in [2.75, 3.05) is 18.4 Å². The zero-order valence-corrected chi connectivity index (χ0v) is 14.4. The summed E-state index contributed by atoms with van der Waals surface area (Å²) in [6.07, 6.45) is 0.755. The van der Waals surface area contributed by atoms with Crippen molar-refractivity contribution in [2.24, 2.45) is 0 Å². The van der Waals surface area contributed by atoms with Gasteiger partial charge in [-0.1, -0.05) is 19.1 Å². The van der Waals surface area contributed by atoms with Gasteiger partial charge in [-0.2, -0.15) is 0 Å². The van der Waals surface area contributed by atoms with E-state index in [0.29, 0.717) is 17.8 Å². The zero-order valence-electron chi connectivity index (χ0n) is 13.5. The second-order valence-corrected chi connectivity index (χ2v) is 5.17. The van der Waals surface area contributed by atoms with Crippen molar-refractivity contribution in [3.05, 3.63) is 29.8 Å². The summed E-state index contributed by atoms with van der Waals surface area (Å²) in [6.45, 7) is 5.39. The predicted molar refractivity (Wildman–Crippen MR) is 91.3 cm³/mol. The molecule has 2 N–H and O–H groups in total. The fraction of sp³-hybridized carbons (Fsp3) is 0.438. The Morgan fingerprint density at radius 2 is 1.96 bits per heavy atom. The Balaban J connectivity index is 0.00000484. The summed E-state index contributed by atoms with van der Waals surface area (Å²) in [7, 11) is 0. The van der Waals surface area contributed by atoms with Crippen LogP contribution in [0, 0.1) is 0 Å². The van der Waals surface area contributed by atoms with Crippen LogP contribution in [0.1, 0.15) is 37.6 Å². The van der Waals surface area contributed by atoms with Crippen LogP contribution >= 0.6 is 12.4 Å². The lowest BCUT2D eigenvalue weighted by Crippen LogP contribution is -2.44. The molecule has 0 aromatic heterocycles. The molecule has 0 saturated heterocycles. The van der Waals surface area contributed by atoms with Crippen molar-refractivity contribution in [3.8, 4) is 0 Å². The van der Waals surface area contributed by atoms with Gasteiger partial charge >= 0.3 is 5.97 Å². The highest BCUT2D eigenvalue weighted by Gasteiger charge is 2.22. The van der Waals surface area contributed by atoms with Gasteiger partial charge in [-0.25, -0.2) is 0 Å². The van der Waals surface area contributed by atoms with E-state index in [2.05, 4.69) is 5.32 Å². The number of ketones is 1. The quantitative estimate of drug-likeness (QED) is 0.708. The fourth-order valence-corrected chi connectivity index (χ4v) is 2.10. The van der Waals surface area contributed by atoms with Gasteiger partial charge in [0.05, 0.1) is 12.6 Å². The van der Waals surface area contributed by atoms with E-state index < -0.39 is 12.0 Å². The van der Waals surface area contributed by atoms with Crippen molar-refractivity contribution in [3.63, 3.8) is 0 Å². The number of amides is 1. The second-order valence-electron chi connectivity index (χ2n) is 5.17. The SMILES string of the molecule is CCCN(CC(=O)O)C(C)C(=O)Nc1cccc(C(C)=O)c1.Cl. The molecule has 6 nitrogen and oxygen atoms in total. The van der Waals surface area contributed by atoms with E-state index in [1.54, 1.807) is 36.1 Å². The Morgan fingerprint density at radius 3 is 2.48 bits per heavy atom. The normalized spacial score (nSPS) is 11.5. The minimum absolute atomic E-state index is 0. The molecule has 23 heavy (non-hydrogen) atoms. The Morgan fingerprint density at radius 1 is 1.30 bits per heavy atom. The standard InChI is InChI=1S/C16H22N2O4.ClH/c1-4-8-18(10-15(20)21)11(2)16(22)17-14-7-5-6-13(9-14)12(3)19;/h5-7,9,11H,4,8,10H2,1-3H3,(H,17,22)(H,20,21);1H. The molecular formula is C16H23ClN2O4. The third-order valence-corrected chi connectivity index (χ3v) is 3.31. The smallest absolute Gasteiger partial charge is 0.317 e. The molecule has 0 aliphatic rings.